The Labute approximate surface area is 84.4 Å². The number of anilines is 2. The van der Waals surface area contributed by atoms with E-state index in [1.807, 2.05) is 30.9 Å². The molecule has 0 aliphatic rings. The van der Waals surface area contributed by atoms with Gasteiger partial charge >= 0.3 is 0 Å². The maximum Gasteiger partial charge on any atom is 0.129 e. The number of hydrogen-bond acceptors (Lipinski definition) is 4. The molecule has 4 nitrogen and oxygen atoms in total. The first-order valence-electron chi connectivity index (χ1n) is 4.78. The summed E-state index contributed by atoms with van der Waals surface area (Å²) in [6.07, 6.45) is 0. The van der Waals surface area contributed by atoms with Crippen LogP contribution in [0.4, 0.5) is 11.5 Å². The summed E-state index contributed by atoms with van der Waals surface area (Å²) in [6, 6.07) is 3.72. The molecule has 0 bridgehead atoms. The smallest absolute Gasteiger partial charge is 0.129 e. The van der Waals surface area contributed by atoms with Crippen LogP contribution in [0.15, 0.2) is 12.1 Å². The van der Waals surface area contributed by atoms with Crippen LogP contribution in [0.3, 0.4) is 0 Å². The summed E-state index contributed by atoms with van der Waals surface area (Å²) >= 11 is 0. The number of nitrogens with zero attached hydrogens (tertiary/aromatic N) is 2. The largest absolute Gasteiger partial charge is 0.397 e. The highest BCUT2D eigenvalue weighted by atomic mass is 16.3. The first-order valence-corrected chi connectivity index (χ1v) is 4.78. The zero-order valence-corrected chi connectivity index (χ0v) is 8.70. The van der Waals surface area contributed by atoms with Crippen molar-refractivity contribution in [3.63, 3.8) is 0 Å². The molecule has 4 heteroatoms. The third-order valence-electron chi connectivity index (χ3n) is 2.19. The van der Waals surface area contributed by atoms with Crippen LogP contribution in [-0.4, -0.2) is 29.8 Å². The molecule has 0 aliphatic heterocycles. The second-order valence-corrected chi connectivity index (χ2v) is 3.15. The Kier molecular flexibility index (Phi) is 3.71. The molecule has 14 heavy (non-hydrogen) atoms. The van der Waals surface area contributed by atoms with Crippen LogP contribution in [0.5, 0.6) is 0 Å². The molecule has 0 radical (unpaired) electrons. The topological polar surface area (TPSA) is 62.4 Å². The van der Waals surface area contributed by atoms with E-state index in [0.717, 1.165) is 18.1 Å². The summed E-state index contributed by atoms with van der Waals surface area (Å²) in [5.41, 5.74) is 7.21. The predicted octanol–water partition coefficient (Wildman–Crippen LogP) is 0.791. The maximum atomic E-state index is 8.86. The van der Waals surface area contributed by atoms with Crippen LogP contribution < -0.4 is 10.6 Å². The van der Waals surface area contributed by atoms with Gasteiger partial charge in [-0.05, 0) is 26.0 Å². The monoisotopic (exact) mass is 195 g/mol. The van der Waals surface area contributed by atoms with Gasteiger partial charge in [0.15, 0.2) is 0 Å². The Bertz CT molecular complexity index is 301. The van der Waals surface area contributed by atoms with Crippen molar-refractivity contribution < 1.29 is 5.11 Å². The number of nitrogens with two attached hydrogens (primary N) is 1. The lowest BCUT2D eigenvalue weighted by Gasteiger charge is -2.21. The van der Waals surface area contributed by atoms with E-state index in [-0.39, 0.29) is 6.61 Å². The van der Waals surface area contributed by atoms with Gasteiger partial charge in [-0.25, -0.2) is 4.98 Å². The third-order valence-corrected chi connectivity index (χ3v) is 2.19. The Morgan fingerprint density at radius 2 is 2.21 bits per heavy atom. The number of likely N-dealkylation sites (N-methyl/N-ethyl adjacent to an activating group) is 1. The van der Waals surface area contributed by atoms with Gasteiger partial charge in [0.05, 0.1) is 18.0 Å². The van der Waals surface area contributed by atoms with Gasteiger partial charge in [0, 0.05) is 13.1 Å². The number of aryl methyl sites for hydroxylation is 1. The zero-order chi connectivity index (χ0) is 10.6. The summed E-state index contributed by atoms with van der Waals surface area (Å²) in [5.74, 6) is 0.869. The van der Waals surface area contributed by atoms with Gasteiger partial charge in [-0.3, -0.25) is 0 Å². The van der Waals surface area contributed by atoms with Crippen LogP contribution in [0, 0.1) is 6.92 Å². The van der Waals surface area contributed by atoms with E-state index in [0.29, 0.717) is 12.2 Å². The molecule has 1 aromatic heterocycles. The first kappa shape index (κ1) is 10.8. The highest BCUT2D eigenvalue weighted by Crippen LogP contribution is 2.15. The SMILES string of the molecule is CCN(CCO)c1ccc(N)c(C)n1. The van der Waals surface area contributed by atoms with Gasteiger partial charge in [-0.1, -0.05) is 0 Å². The molecular weight excluding hydrogens is 178 g/mol. The molecule has 3 N–H and O–H groups in total. The van der Waals surface area contributed by atoms with E-state index in [2.05, 4.69) is 4.98 Å². The van der Waals surface area contributed by atoms with Crippen molar-refractivity contribution in [2.24, 2.45) is 0 Å². The second-order valence-electron chi connectivity index (χ2n) is 3.15. The molecule has 1 rings (SSSR count). The molecule has 0 aromatic carbocycles. The molecule has 0 atom stereocenters. The number of aliphatic hydroxyl groups is 1. The predicted molar refractivity (Wildman–Crippen MR) is 58.4 cm³/mol. The molecule has 78 valence electrons. The van der Waals surface area contributed by atoms with E-state index in [1.165, 1.54) is 0 Å². The zero-order valence-electron chi connectivity index (χ0n) is 8.70. The van der Waals surface area contributed by atoms with Crippen molar-refractivity contribution in [2.45, 2.75) is 13.8 Å². The Balaban J connectivity index is 2.88. The fourth-order valence-electron chi connectivity index (χ4n) is 1.29. The van der Waals surface area contributed by atoms with Gasteiger partial charge in [-0.2, -0.15) is 0 Å². The number of pyridine rings is 1. The van der Waals surface area contributed by atoms with Gasteiger partial charge in [0.2, 0.25) is 0 Å². The third kappa shape index (κ3) is 2.35. The van der Waals surface area contributed by atoms with Crippen LogP contribution in [0.1, 0.15) is 12.6 Å². The first-order chi connectivity index (χ1) is 6.69. The van der Waals surface area contributed by atoms with Crippen molar-refractivity contribution in [2.75, 3.05) is 30.3 Å². The van der Waals surface area contributed by atoms with E-state index in [4.69, 9.17) is 10.8 Å². The van der Waals surface area contributed by atoms with Crippen LogP contribution >= 0.6 is 0 Å². The van der Waals surface area contributed by atoms with Crippen molar-refractivity contribution in [3.05, 3.63) is 17.8 Å². The Morgan fingerprint density at radius 1 is 1.50 bits per heavy atom. The number of nitrogen functional groups attached to an aromatic ring is 1. The average molecular weight is 195 g/mol. The molecule has 1 heterocycles. The van der Waals surface area contributed by atoms with E-state index >= 15 is 0 Å². The summed E-state index contributed by atoms with van der Waals surface area (Å²) in [4.78, 5) is 6.36. The normalized spacial score (nSPS) is 10.2. The Morgan fingerprint density at radius 3 is 2.71 bits per heavy atom. The molecule has 0 spiro atoms. The fourth-order valence-corrected chi connectivity index (χ4v) is 1.29. The number of rotatable bonds is 4. The van der Waals surface area contributed by atoms with Crippen molar-refractivity contribution >= 4 is 11.5 Å². The lowest BCUT2D eigenvalue weighted by Crippen LogP contribution is -2.27. The van der Waals surface area contributed by atoms with Gasteiger partial charge < -0.3 is 15.7 Å². The summed E-state index contributed by atoms with van der Waals surface area (Å²) in [5, 5.41) is 8.86. The van der Waals surface area contributed by atoms with Gasteiger partial charge in [0.25, 0.3) is 0 Å². The van der Waals surface area contributed by atoms with Crippen molar-refractivity contribution in [1.29, 1.82) is 0 Å². The molecular formula is C10H17N3O. The number of hydrogen-bond donors (Lipinski definition) is 2. The van der Waals surface area contributed by atoms with E-state index in [1.54, 1.807) is 0 Å². The molecule has 0 saturated carbocycles. The van der Waals surface area contributed by atoms with Crippen LogP contribution in [-0.2, 0) is 0 Å². The lowest BCUT2D eigenvalue weighted by atomic mass is 10.3. The van der Waals surface area contributed by atoms with Crippen molar-refractivity contribution in [3.8, 4) is 0 Å². The summed E-state index contributed by atoms with van der Waals surface area (Å²) < 4.78 is 0. The number of aromatic nitrogens is 1. The van der Waals surface area contributed by atoms with Crippen LogP contribution in [0.25, 0.3) is 0 Å². The highest BCUT2D eigenvalue weighted by molar-refractivity contribution is 5.50. The minimum Gasteiger partial charge on any atom is -0.397 e. The van der Waals surface area contributed by atoms with Gasteiger partial charge in [-0.15, -0.1) is 0 Å². The Hall–Kier alpha value is -1.29. The maximum absolute atomic E-state index is 8.86. The second kappa shape index (κ2) is 4.81. The average Bonchev–Trinajstić information content (AvgIpc) is 2.19. The van der Waals surface area contributed by atoms with Crippen molar-refractivity contribution in [1.82, 2.24) is 4.98 Å². The quantitative estimate of drug-likeness (QED) is 0.745. The molecule has 0 aliphatic carbocycles. The summed E-state index contributed by atoms with van der Waals surface area (Å²) in [7, 11) is 0. The molecule has 0 fully saturated rings. The van der Waals surface area contributed by atoms with Gasteiger partial charge in [0.1, 0.15) is 5.82 Å². The number of aliphatic hydroxyl groups excluding tert-OH is 1. The molecule has 1 aromatic rings. The fraction of sp³-hybridized carbons (Fsp3) is 0.500. The lowest BCUT2D eigenvalue weighted by molar-refractivity contribution is 0.302. The minimum atomic E-state index is 0.138. The molecule has 0 amide bonds. The molecule has 0 unspecified atom stereocenters. The minimum absolute atomic E-state index is 0.138. The van der Waals surface area contributed by atoms with E-state index < -0.39 is 0 Å². The molecule has 0 saturated heterocycles. The van der Waals surface area contributed by atoms with E-state index in [9.17, 15) is 0 Å². The standard InChI is InChI=1S/C10H17N3O/c1-3-13(6-7-14)10-5-4-9(11)8(2)12-10/h4-5,14H,3,6-7,11H2,1-2H3. The summed E-state index contributed by atoms with van der Waals surface area (Å²) in [6.45, 7) is 5.48. The van der Waals surface area contributed by atoms with Crippen LogP contribution in [0.2, 0.25) is 0 Å². The highest BCUT2D eigenvalue weighted by Gasteiger charge is 2.05.